The third-order valence-electron chi connectivity index (χ3n) is 5.04. The van der Waals surface area contributed by atoms with Gasteiger partial charge in [-0.25, -0.2) is 17.9 Å². The van der Waals surface area contributed by atoms with E-state index < -0.39 is 21.7 Å². The van der Waals surface area contributed by atoms with Gasteiger partial charge < -0.3 is 15.0 Å². The zero-order valence-electron chi connectivity index (χ0n) is 18.3. The molecule has 0 radical (unpaired) electrons. The number of piperidine rings is 1. The number of ether oxygens (including phenoxy) is 1. The van der Waals surface area contributed by atoms with E-state index in [1.165, 1.54) is 6.08 Å². The van der Waals surface area contributed by atoms with Crippen molar-refractivity contribution in [1.29, 1.82) is 0 Å². The molecule has 1 aliphatic heterocycles. The molecule has 9 heteroatoms. The molecule has 0 unspecified atom stereocenters. The van der Waals surface area contributed by atoms with Gasteiger partial charge in [0.1, 0.15) is 5.60 Å². The molecule has 170 valence electrons. The average Bonchev–Trinajstić information content (AvgIpc) is 3.49. The number of amides is 2. The largest absolute Gasteiger partial charge is 0.444 e. The summed E-state index contributed by atoms with van der Waals surface area (Å²) in [5.74, 6) is -0.109. The summed E-state index contributed by atoms with van der Waals surface area (Å²) in [6, 6.07) is 6.50. The predicted molar refractivity (Wildman–Crippen MR) is 118 cm³/mol. The van der Waals surface area contributed by atoms with Gasteiger partial charge >= 0.3 is 6.09 Å². The number of alkyl carbamates (subject to hydrolysis) is 1. The Bertz CT molecular complexity index is 923. The van der Waals surface area contributed by atoms with Crippen LogP contribution >= 0.6 is 0 Å². The van der Waals surface area contributed by atoms with E-state index in [2.05, 4.69) is 10.0 Å². The lowest BCUT2D eigenvalue weighted by Gasteiger charge is -2.32. The minimum Gasteiger partial charge on any atom is -0.444 e. The monoisotopic (exact) mass is 449 g/mol. The summed E-state index contributed by atoms with van der Waals surface area (Å²) in [5, 5.41) is 2.85. The first-order valence-electron chi connectivity index (χ1n) is 10.6. The van der Waals surface area contributed by atoms with Gasteiger partial charge in [-0.3, -0.25) is 4.79 Å². The van der Waals surface area contributed by atoms with E-state index in [0.717, 1.165) is 18.4 Å². The molecule has 1 heterocycles. The SMILES string of the molecule is CC(C)(C)OC(=O)NC1CCN(C(=O)/C=C/c2ccc(S(=O)(=O)NC3CC3)cc2)CC1. The van der Waals surface area contributed by atoms with Crippen LogP contribution in [0.25, 0.3) is 6.08 Å². The second-order valence-electron chi connectivity index (χ2n) is 9.04. The van der Waals surface area contributed by atoms with E-state index in [-0.39, 0.29) is 22.9 Å². The molecule has 0 atom stereocenters. The van der Waals surface area contributed by atoms with E-state index in [1.54, 1.807) is 35.2 Å². The molecule has 1 saturated carbocycles. The lowest BCUT2D eigenvalue weighted by Crippen LogP contribution is -2.47. The highest BCUT2D eigenvalue weighted by Gasteiger charge is 2.28. The van der Waals surface area contributed by atoms with Crippen LogP contribution in [0.1, 0.15) is 52.0 Å². The molecule has 0 bridgehead atoms. The van der Waals surface area contributed by atoms with Crippen LogP contribution in [-0.2, 0) is 19.6 Å². The molecule has 1 aliphatic carbocycles. The summed E-state index contributed by atoms with van der Waals surface area (Å²) in [6.45, 7) is 6.55. The summed E-state index contributed by atoms with van der Waals surface area (Å²) < 4.78 is 32.3. The van der Waals surface area contributed by atoms with Crippen LogP contribution in [0.5, 0.6) is 0 Å². The van der Waals surface area contributed by atoms with E-state index in [0.29, 0.717) is 25.9 Å². The van der Waals surface area contributed by atoms with Gasteiger partial charge in [0.15, 0.2) is 0 Å². The van der Waals surface area contributed by atoms with Crippen LogP contribution in [0.3, 0.4) is 0 Å². The summed E-state index contributed by atoms with van der Waals surface area (Å²) in [7, 11) is -3.47. The molecule has 2 fully saturated rings. The van der Waals surface area contributed by atoms with Gasteiger partial charge in [0.2, 0.25) is 15.9 Å². The van der Waals surface area contributed by atoms with Crippen LogP contribution < -0.4 is 10.0 Å². The second kappa shape index (κ2) is 9.40. The molecule has 8 nitrogen and oxygen atoms in total. The first-order valence-corrected chi connectivity index (χ1v) is 12.1. The van der Waals surface area contributed by atoms with Crippen molar-refractivity contribution >= 4 is 28.1 Å². The topological polar surface area (TPSA) is 105 Å². The molecule has 31 heavy (non-hydrogen) atoms. The zero-order valence-corrected chi connectivity index (χ0v) is 19.1. The lowest BCUT2D eigenvalue weighted by molar-refractivity contribution is -0.127. The van der Waals surface area contributed by atoms with Crippen molar-refractivity contribution in [3.63, 3.8) is 0 Å². The summed E-state index contributed by atoms with van der Waals surface area (Å²) >= 11 is 0. The summed E-state index contributed by atoms with van der Waals surface area (Å²) in [6.07, 6.45) is 5.84. The van der Waals surface area contributed by atoms with Crippen LogP contribution in [0.4, 0.5) is 4.79 Å². The maximum Gasteiger partial charge on any atom is 0.407 e. The first kappa shape index (κ1) is 23.3. The molecule has 3 rings (SSSR count). The van der Waals surface area contributed by atoms with E-state index in [9.17, 15) is 18.0 Å². The van der Waals surface area contributed by atoms with E-state index in [4.69, 9.17) is 4.74 Å². The molecule has 2 aliphatic rings. The standard InChI is InChI=1S/C22H31N3O5S/c1-22(2,3)30-21(27)23-17-12-14-25(15-13-17)20(26)11-6-16-4-9-19(10-5-16)31(28,29)24-18-7-8-18/h4-6,9-11,17-18,24H,7-8,12-15H2,1-3H3,(H,23,27)/b11-6+. The van der Waals surface area contributed by atoms with Crippen LogP contribution in [0.15, 0.2) is 35.2 Å². The van der Waals surface area contributed by atoms with Crippen molar-refractivity contribution in [2.75, 3.05) is 13.1 Å². The Morgan fingerprint density at radius 3 is 2.19 bits per heavy atom. The van der Waals surface area contributed by atoms with Crippen molar-refractivity contribution in [1.82, 2.24) is 14.9 Å². The Morgan fingerprint density at radius 1 is 1.03 bits per heavy atom. The van der Waals surface area contributed by atoms with Gasteiger partial charge in [-0.2, -0.15) is 0 Å². The normalized spacial score (nSPS) is 18.2. The Labute approximate surface area is 184 Å². The van der Waals surface area contributed by atoms with Gasteiger partial charge in [0.25, 0.3) is 0 Å². The second-order valence-corrected chi connectivity index (χ2v) is 10.8. The Kier molecular flexibility index (Phi) is 7.06. The maximum atomic E-state index is 12.5. The van der Waals surface area contributed by atoms with Crippen LogP contribution in [0, 0.1) is 0 Å². The molecule has 2 amide bonds. The van der Waals surface area contributed by atoms with E-state index >= 15 is 0 Å². The highest BCUT2D eigenvalue weighted by atomic mass is 32.2. The third-order valence-corrected chi connectivity index (χ3v) is 6.57. The number of sulfonamides is 1. The number of rotatable bonds is 6. The number of carbonyl (C=O) groups is 2. The predicted octanol–water partition coefficient (Wildman–Crippen LogP) is 2.66. The van der Waals surface area contributed by atoms with Gasteiger partial charge in [-0.15, -0.1) is 0 Å². The highest BCUT2D eigenvalue weighted by Crippen LogP contribution is 2.22. The number of benzene rings is 1. The van der Waals surface area contributed by atoms with Gasteiger partial charge in [0.05, 0.1) is 4.90 Å². The Hall–Kier alpha value is -2.39. The fourth-order valence-corrected chi connectivity index (χ4v) is 4.54. The zero-order chi connectivity index (χ0) is 22.6. The van der Waals surface area contributed by atoms with Gasteiger partial charge in [0, 0.05) is 31.2 Å². The lowest BCUT2D eigenvalue weighted by atomic mass is 10.1. The molecular formula is C22H31N3O5S. The fourth-order valence-electron chi connectivity index (χ4n) is 3.24. The number of likely N-dealkylation sites (tertiary alicyclic amines) is 1. The highest BCUT2D eigenvalue weighted by molar-refractivity contribution is 7.89. The summed E-state index contributed by atoms with van der Waals surface area (Å²) in [5.41, 5.74) is 0.210. The smallest absolute Gasteiger partial charge is 0.407 e. The molecular weight excluding hydrogens is 418 g/mol. The van der Waals surface area contributed by atoms with Crippen molar-refractivity contribution in [3.05, 3.63) is 35.9 Å². The van der Waals surface area contributed by atoms with Crippen molar-refractivity contribution < 1.29 is 22.7 Å². The van der Waals surface area contributed by atoms with Gasteiger partial charge in [-0.05, 0) is 70.2 Å². The Balaban J connectivity index is 1.46. The molecule has 1 aromatic carbocycles. The molecule has 0 aromatic heterocycles. The van der Waals surface area contributed by atoms with Gasteiger partial charge in [-0.1, -0.05) is 12.1 Å². The fraction of sp³-hybridized carbons (Fsp3) is 0.545. The molecule has 1 aromatic rings. The van der Waals surface area contributed by atoms with Crippen LogP contribution in [-0.4, -0.2) is 56.1 Å². The number of nitrogens with zero attached hydrogens (tertiary/aromatic N) is 1. The molecule has 2 N–H and O–H groups in total. The first-order chi connectivity index (χ1) is 14.5. The third kappa shape index (κ3) is 7.36. The number of hydrogen-bond acceptors (Lipinski definition) is 5. The quantitative estimate of drug-likeness (QED) is 0.650. The maximum absolute atomic E-state index is 12.5. The molecule has 1 saturated heterocycles. The average molecular weight is 450 g/mol. The summed E-state index contributed by atoms with van der Waals surface area (Å²) in [4.78, 5) is 26.3. The Morgan fingerprint density at radius 2 is 1.65 bits per heavy atom. The van der Waals surface area contributed by atoms with Crippen molar-refractivity contribution in [2.24, 2.45) is 0 Å². The van der Waals surface area contributed by atoms with Crippen molar-refractivity contribution in [3.8, 4) is 0 Å². The van der Waals surface area contributed by atoms with E-state index in [1.807, 2.05) is 20.8 Å². The minimum absolute atomic E-state index is 0.0124. The van der Waals surface area contributed by atoms with Crippen molar-refractivity contribution in [2.45, 2.75) is 69.0 Å². The van der Waals surface area contributed by atoms with Crippen LogP contribution in [0.2, 0.25) is 0 Å². The number of nitrogens with one attached hydrogen (secondary N) is 2. The minimum atomic E-state index is -3.47. The molecule has 0 spiro atoms. The number of carbonyl (C=O) groups excluding carboxylic acids is 2. The number of hydrogen-bond donors (Lipinski definition) is 2.